The van der Waals surface area contributed by atoms with E-state index in [0.29, 0.717) is 19.7 Å². The van der Waals surface area contributed by atoms with Crippen molar-refractivity contribution in [1.29, 1.82) is 0 Å². The SMILES string of the molecule is CN=C(NCc1ccccc1OCCN(C)C)NCC(C)Oc1ccccc1C.I. The highest BCUT2D eigenvalue weighted by Gasteiger charge is 2.08. The molecule has 0 saturated carbocycles. The van der Waals surface area contributed by atoms with Gasteiger partial charge >= 0.3 is 0 Å². The number of benzene rings is 2. The molecule has 0 aliphatic rings. The van der Waals surface area contributed by atoms with Crippen LogP contribution in [0.5, 0.6) is 11.5 Å². The van der Waals surface area contributed by atoms with Crippen molar-refractivity contribution in [2.45, 2.75) is 26.5 Å². The van der Waals surface area contributed by atoms with Crippen molar-refractivity contribution in [3.63, 3.8) is 0 Å². The summed E-state index contributed by atoms with van der Waals surface area (Å²) in [5.74, 6) is 2.54. The van der Waals surface area contributed by atoms with E-state index in [0.717, 1.165) is 35.1 Å². The number of aryl methyl sites for hydroxylation is 1. The van der Waals surface area contributed by atoms with Crippen LogP contribution in [0.2, 0.25) is 0 Å². The first-order chi connectivity index (χ1) is 14.0. The zero-order valence-corrected chi connectivity index (χ0v) is 21.0. The second kappa shape index (κ2) is 14.1. The highest BCUT2D eigenvalue weighted by molar-refractivity contribution is 14.0. The van der Waals surface area contributed by atoms with Crippen molar-refractivity contribution in [3.05, 3.63) is 59.7 Å². The van der Waals surface area contributed by atoms with Gasteiger partial charge in [-0.3, -0.25) is 4.99 Å². The van der Waals surface area contributed by atoms with Gasteiger partial charge in [-0.1, -0.05) is 36.4 Å². The number of nitrogens with one attached hydrogen (secondary N) is 2. The molecule has 30 heavy (non-hydrogen) atoms. The lowest BCUT2D eigenvalue weighted by molar-refractivity contribution is 0.222. The molecule has 2 aromatic rings. The number of halogens is 1. The molecule has 0 aromatic heterocycles. The molecule has 0 fully saturated rings. The summed E-state index contributed by atoms with van der Waals surface area (Å²) in [6, 6.07) is 16.1. The zero-order valence-electron chi connectivity index (χ0n) is 18.6. The summed E-state index contributed by atoms with van der Waals surface area (Å²) in [7, 11) is 5.84. The van der Waals surface area contributed by atoms with E-state index in [1.807, 2.05) is 70.4 Å². The van der Waals surface area contributed by atoms with Gasteiger partial charge in [0.15, 0.2) is 5.96 Å². The molecule has 2 aromatic carbocycles. The van der Waals surface area contributed by atoms with E-state index >= 15 is 0 Å². The van der Waals surface area contributed by atoms with Gasteiger partial charge in [-0.05, 0) is 45.6 Å². The lowest BCUT2D eigenvalue weighted by Gasteiger charge is -2.19. The van der Waals surface area contributed by atoms with E-state index in [1.54, 1.807) is 7.05 Å². The summed E-state index contributed by atoms with van der Waals surface area (Å²) >= 11 is 0. The van der Waals surface area contributed by atoms with Crippen molar-refractivity contribution in [1.82, 2.24) is 15.5 Å². The lowest BCUT2D eigenvalue weighted by Crippen LogP contribution is -2.41. The van der Waals surface area contributed by atoms with Crippen LogP contribution in [0.25, 0.3) is 0 Å². The average molecular weight is 526 g/mol. The average Bonchev–Trinajstić information content (AvgIpc) is 2.70. The molecule has 2 rings (SSSR count). The highest BCUT2D eigenvalue weighted by atomic mass is 127. The molecule has 0 aliphatic carbocycles. The van der Waals surface area contributed by atoms with Gasteiger partial charge in [-0.2, -0.15) is 0 Å². The van der Waals surface area contributed by atoms with Crippen LogP contribution < -0.4 is 20.1 Å². The van der Waals surface area contributed by atoms with Gasteiger partial charge < -0.3 is 25.0 Å². The zero-order chi connectivity index (χ0) is 21.1. The summed E-state index contributed by atoms with van der Waals surface area (Å²) < 4.78 is 11.9. The molecule has 0 radical (unpaired) electrons. The smallest absolute Gasteiger partial charge is 0.191 e. The quantitative estimate of drug-likeness (QED) is 0.281. The number of guanidine groups is 1. The van der Waals surface area contributed by atoms with E-state index in [-0.39, 0.29) is 30.1 Å². The highest BCUT2D eigenvalue weighted by Crippen LogP contribution is 2.18. The topological polar surface area (TPSA) is 58.1 Å². The predicted molar refractivity (Wildman–Crippen MR) is 135 cm³/mol. The van der Waals surface area contributed by atoms with Crippen molar-refractivity contribution in [2.75, 3.05) is 40.8 Å². The van der Waals surface area contributed by atoms with Crippen LogP contribution in [0.4, 0.5) is 0 Å². The molecule has 1 unspecified atom stereocenters. The van der Waals surface area contributed by atoms with Gasteiger partial charge in [0.25, 0.3) is 0 Å². The predicted octanol–water partition coefficient (Wildman–Crippen LogP) is 3.69. The van der Waals surface area contributed by atoms with Crippen LogP contribution in [0.15, 0.2) is 53.5 Å². The fraction of sp³-hybridized carbons (Fsp3) is 0.435. The Labute approximate surface area is 198 Å². The Morgan fingerprint density at radius 2 is 1.70 bits per heavy atom. The lowest BCUT2D eigenvalue weighted by atomic mass is 10.2. The molecule has 0 amide bonds. The molecule has 1 atom stereocenters. The molecule has 0 saturated heterocycles. The van der Waals surface area contributed by atoms with Crippen LogP contribution in [-0.4, -0.2) is 57.8 Å². The largest absolute Gasteiger partial charge is 0.492 e. The Kier molecular flexibility index (Phi) is 12.2. The Hall–Kier alpha value is -2.00. The normalized spacial score (nSPS) is 12.1. The summed E-state index contributed by atoms with van der Waals surface area (Å²) in [4.78, 5) is 6.41. The summed E-state index contributed by atoms with van der Waals surface area (Å²) in [6.45, 7) is 6.91. The van der Waals surface area contributed by atoms with Crippen molar-refractivity contribution in [3.8, 4) is 11.5 Å². The first kappa shape index (κ1) is 26.0. The van der Waals surface area contributed by atoms with Gasteiger partial charge in [-0.15, -0.1) is 24.0 Å². The number of rotatable bonds is 10. The third-order valence-corrected chi connectivity index (χ3v) is 4.42. The van der Waals surface area contributed by atoms with Gasteiger partial charge in [-0.25, -0.2) is 0 Å². The van der Waals surface area contributed by atoms with Crippen molar-refractivity contribution >= 4 is 29.9 Å². The molecule has 0 heterocycles. The van der Waals surface area contributed by atoms with Crippen LogP contribution in [0.1, 0.15) is 18.1 Å². The van der Waals surface area contributed by atoms with Gasteiger partial charge in [0.2, 0.25) is 0 Å². The van der Waals surface area contributed by atoms with Gasteiger partial charge in [0.05, 0.1) is 6.54 Å². The number of nitrogens with zero attached hydrogens (tertiary/aromatic N) is 2. The number of para-hydroxylation sites is 2. The molecule has 0 aliphatic heterocycles. The Balaban J connectivity index is 0.00000450. The molecule has 0 spiro atoms. The van der Waals surface area contributed by atoms with Crippen molar-refractivity contribution < 1.29 is 9.47 Å². The molecular weight excluding hydrogens is 491 g/mol. The number of hydrogen-bond donors (Lipinski definition) is 2. The monoisotopic (exact) mass is 526 g/mol. The van der Waals surface area contributed by atoms with Crippen LogP contribution in [0, 0.1) is 6.92 Å². The maximum absolute atomic E-state index is 6.02. The number of hydrogen-bond acceptors (Lipinski definition) is 4. The van der Waals surface area contributed by atoms with E-state index in [1.165, 1.54) is 0 Å². The minimum atomic E-state index is 0. The standard InChI is InChI=1S/C23H34N4O2.HI/c1-18-10-6-8-12-21(18)29-19(2)16-25-23(24-3)26-17-20-11-7-9-13-22(20)28-15-14-27(4)5;/h6-13,19H,14-17H2,1-5H3,(H2,24,25,26);1H. The fourth-order valence-corrected chi connectivity index (χ4v) is 2.72. The molecular formula is C23H35IN4O2. The third kappa shape index (κ3) is 9.21. The Morgan fingerprint density at radius 1 is 1.03 bits per heavy atom. The first-order valence-electron chi connectivity index (χ1n) is 10.0. The van der Waals surface area contributed by atoms with Crippen molar-refractivity contribution in [2.24, 2.45) is 4.99 Å². The second-order valence-electron chi connectivity index (χ2n) is 7.26. The molecule has 0 bridgehead atoms. The Bertz CT molecular complexity index is 783. The van der Waals surface area contributed by atoms with Gasteiger partial charge in [0, 0.05) is 25.7 Å². The first-order valence-corrected chi connectivity index (χ1v) is 10.0. The van der Waals surface area contributed by atoms with E-state index in [9.17, 15) is 0 Å². The molecule has 7 heteroatoms. The number of aliphatic imine (C=N–C) groups is 1. The van der Waals surface area contributed by atoms with Crippen LogP contribution >= 0.6 is 24.0 Å². The third-order valence-electron chi connectivity index (χ3n) is 4.42. The number of likely N-dealkylation sites (N-methyl/N-ethyl adjacent to an activating group) is 1. The summed E-state index contributed by atoms with van der Waals surface area (Å²) in [6.07, 6.45) is 0.0105. The maximum Gasteiger partial charge on any atom is 0.191 e. The summed E-state index contributed by atoms with van der Waals surface area (Å²) in [5, 5.41) is 6.67. The molecule has 2 N–H and O–H groups in total. The minimum Gasteiger partial charge on any atom is -0.492 e. The second-order valence-corrected chi connectivity index (χ2v) is 7.26. The fourth-order valence-electron chi connectivity index (χ4n) is 2.72. The minimum absolute atomic E-state index is 0. The number of ether oxygens (including phenoxy) is 2. The van der Waals surface area contributed by atoms with Crippen LogP contribution in [0.3, 0.4) is 0 Å². The van der Waals surface area contributed by atoms with Gasteiger partial charge in [0.1, 0.15) is 24.2 Å². The van der Waals surface area contributed by atoms with Crippen LogP contribution in [-0.2, 0) is 6.54 Å². The van der Waals surface area contributed by atoms with E-state index < -0.39 is 0 Å². The van der Waals surface area contributed by atoms with E-state index in [4.69, 9.17) is 9.47 Å². The van der Waals surface area contributed by atoms with E-state index in [2.05, 4.69) is 26.6 Å². The molecule has 6 nitrogen and oxygen atoms in total. The Morgan fingerprint density at radius 3 is 2.37 bits per heavy atom. The summed E-state index contributed by atoms with van der Waals surface area (Å²) in [5.41, 5.74) is 2.23. The molecule has 166 valence electrons. The maximum atomic E-state index is 6.02.